The van der Waals surface area contributed by atoms with Gasteiger partial charge in [-0.2, -0.15) is 0 Å². The third kappa shape index (κ3) is 2.10. The van der Waals surface area contributed by atoms with Crippen molar-refractivity contribution in [1.29, 1.82) is 0 Å². The summed E-state index contributed by atoms with van der Waals surface area (Å²) in [5.41, 5.74) is 0. The van der Waals surface area contributed by atoms with Gasteiger partial charge in [-0.3, -0.25) is 0 Å². The fourth-order valence-electron chi connectivity index (χ4n) is 1.13. The molecule has 0 aromatic rings. The second-order valence-electron chi connectivity index (χ2n) is 2.47. The van der Waals surface area contributed by atoms with E-state index in [1.807, 2.05) is 0 Å². The first-order valence-electron chi connectivity index (χ1n) is 3.73. The Balaban J connectivity index is 2.26. The fraction of sp³-hybridized carbons (Fsp3) is 0.667. The van der Waals surface area contributed by atoms with Gasteiger partial charge in [-0.05, 0) is 25.7 Å². The van der Waals surface area contributed by atoms with Gasteiger partial charge in [0.05, 0.1) is 0 Å². The lowest BCUT2D eigenvalue weighted by molar-refractivity contribution is 0.718. The molecular formula is C9H13. The van der Waals surface area contributed by atoms with E-state index in [4.69, 9.17) is 0 Å². The molecule has 0 bridgehead atoms. The summed E-state index contributed by atoms with van der Waals surface area (Å²) in [6.07, 6.45) is 7.16. The minimum absolute atomic E-state index is 0.699. The minimum atomic E-state index is 0.699. The standard InChI is InChI=1S/C9H13/c1-2-3-6-9-7-4-5-8-9/h4,9H,2,5,7-8H2,1H3. The molecule has 1 rings (SSSR count). The van der Waals surface area contributed by atoms with Crippen LogP contribution in [0.2, 0.25) is 0 Å². The Kier molecular flexibility index (Phi) is 2.64. The molecule has 0 heterocycles. The second-order valence-corrected chi connectivity index (χ2v) is 2.47. The van der Waals surface area contributed by atoms with Crippen LogP contribution in [0.5, 0.6) is 0 Å². The SMILES string of the molecule is CCC#CC1C[CH]CC1. The summed E-state index contributed by atoms with van der Waals surface area (Å²) in [5, 5.41) is 0. The zero-order valence-corrected chi connectivity index (χ0v) is 5.98. The van der Waals surface area contributed by atoms with Crippen LogP contribution in [0.4, 0.5) is 0 Å². The molecule has 0 saturated heterocycles. The highest BCUT2D eigenvalue weighted by molar-refractivity contribution is 5.06. The number of hydrogen-bond donors (Lipinski definition) is 0. The van der Waals surface area contributed by atoms with Crippen LogP contribution in [-0.4, -0.2) is 0 Å². The molecule has 0 aromatic heterocycles. The van der Waals surface area contributed by atoms with E-state index in [1.165, 1.54) is 19.3 Å². The molecule has 0 aliphatic heterocycles. The van der Waals surface area contributed by atoms with Crippen LogP contribution < -0.4 is 0 Å². The maximum Gasteiger partial charge on any atom is 0.0205 e. The molecule has 1 atom stereocenters. The van der Waals surface area contributed by atoms with Crippen molar-refractivity contribution in [3.05, 3.63) is 6.42 Å². The third-order valence-electron chi connectivity index (χ3n) is 1.65. The second kappa shape index (κ2) is 3.56. The average Bonchev–Trinajstić information content (AvgIpc) is 2.34. The van der Waals surface area contributed by atoms with Crippen LogP contribution in [0.25, 0.3) is 0 Å². The van der Waals surface area contributed by atoms with E-state index >= 15 is 0 Å². The Labute approximate surface area is 57.7 Å². The van der Waals surface area contributed by atoms with Crippen LogP contribution >= 0.6 is 0 Å². The third-order valence-corrected chi connectivity index (χ3v) is 1.65. The highest BCUT2D eigenvalue weighted by atomic mass is 14.1. The maximum absolute atomic E-state index is 3.25. The highest BCUT2D eigenvalue weighted by Gasteiger charge is 2.11. The van der Waals surface area contributed by atoms with E-state index in [9.17, 15) is 0 Å². The molecule has 1 unspecified atom stereocenters. The van der Waals surface area contributed by atoms with Crippen LogP contribution in [-0.2, 0) is 0 Å². The van der Waals surface area contributed by atoms with E-state index in [0.29, 0.717) is 5.92 Å². The summed E-state index contributed by atoms with van der Waals surface area (Å²) in [6.45, 7) is 2.10. The monoisotopic (exact) mass is 121 g/mol. The smallest absolute Gasteiger partial charge is 0.0205 e. The summed E-state index contributed by atoms with van der Waals surface area (Å²) in [6, 6.07) is 0. The van der Waals surface area contributed by atoms with Gasteiger partial charge in [0.2, 0.25) is 0 Å². The van der Waals surface area contributed by atoms with E-state index in [2.05, 4.69) is 25.2 Å². The van der Waals surface area contributed by atoms with Crippen molar-refractivity contribution in [2.45, 2.75) is 32.6 Å². The molecule has 9 heavy (non-hydrogen) atoms. The Morgan fingerprint density at radius 1 is 1.67 bits per heavy atom. The molecular weight excluding hydrogens is 108 g/mol. The molecule has 0 amide bonds. The van der Waals surface area contributed by atoms with Gasteiger partial charge >= 0.3 is 0 Å². The first-order chi connectivity index (χ1) is 4.43. The van der Waals surface area contributed by atoms with E-state index in [-0.39, 0.29) is 0 Å². The number of rotatable bonds is 0. The molecule has 0 heteroatoms. The summed E-state index contributed by atoms with van der Waals surface area (Å²) in [5.74, 6) is 7.07. The van der Waals surface area contributed by atoms with Crippen molar-refractivity contribution < 1.29 is 0 Å². The van der Waals surface area contributed by atoms with Crippen molar-refractivity contribution in [2.24, 2.45) is 5.92 Å². The largest absolute Gasteiger partial charge is 0.103 e. The van der Waals surface area contributed by atoms with Crippen LogP contribution in [0.15, 0.2) is 0 Å². The van der Waals surface area contributed by atoms with Crippen LogP contribution in [0, 0.1) is 24.2 Å². The topological polar surface area (TPSA) is 0 Å². The van der Waals surface area contributed by atoms with Gasteiger partial charge in [0.25, 0.3) is 0 Å². The van der Waals surface area contributed by atoms with Gasteiger partial charge in [-0.1, -0.05) is 12.8 Å². The molecule has 1 radical (unpaired) electrons. The molecule has 1 fully saturated rings. The van der Waals surface area contributed by atoms with E-state index in [0.717, 1.165) is 6.42 Å². The average molecular weight is 121 g/mol. The Hall–Kier alpha value is -0.440. The molecule has 49 valence electrons. The predicted molar refractivity (Wildman–Crippen MR) is 39.7 cm³/mol. The summed E-state index contributed by atoms with van der Waals surface area (Å²) in [4.78, 5) is 0. The van der Waals surface area contributed by atoms with E-state index < -0.39 is 0 Å². The van der Waals surface area contributed by atoms with Crippen molar-refractivity contribution >= 4 is 0 Å². The first kappa shape index (κ1) is 6.68. The van der Waals surface area contributed by atoms with Gasteiger partial charge in [-0.25, -0.2) is 0 Å². The summed E-state index contributed by atoms with van der Waals surface area (Å²) < 4.78 is 0. The Bertz CT molecular complexity index is 119. The summed E-state index contributed by atoms with van der Waals surface area (Å²) >= 11 is 0. The lowest BCUT2D eigenvalue weighted by atomic mass is 10.1. The van der Waals surface area contributed by atoms with Crippen molar-refractivity contribution in [1.82, 2.24) is 0 Å². The maximum atomic E-state index is 3.25. The molecule has 0 aromatic carbocycles. The van der Waals surface area contributed by atoms with Gasteiger partial charge < -0.3 is 0 Å². The first-order valence-corrected chi connectivity index (χ1v) is 3.73. The van der Waals surface area contributed by atoms with Crippen molar-refractivity contribution in [3.63, 3.8) is 0 Å². The lowest BCUT2D eigenvalue weighted by Gasteiger charge is -1.93. The van der Waals surface area contributed by atoms with E-state index in [1.54, 1.807) is 0 Å². The lowest BCUT2D eigenvalue weighted by Crippen LogP contribution is -1.85. The highest BCUT2D eigenvalue weighted by Crippen LogP contribution is 2.22. The van der Waals surface area contributed by atoms with Crippen LogP contribution in [0.1, 0.15) is 32.6 Å². The Morgan fingerprint density at radius 2 is 2.56 bits per heavy atom. The molecule has 1 saturated carbocycles. The normalized spacial score (nSPS) is 19.2. The zero-order valence-electron chi connectivity index (χ0n) is 5.98. The van der Waals surface area contributed by atoms with Gasteiger partial charge in [-0.15, -0.1) is 5.92 Å². The van der Waals surface area contributed by atoms with Crippen molar-refractivity contribution in [2.75, 3.05) is 0 Å². The number of hydrogen-bond acceptors (Lipinski definition) is 0. The van der Waals surface area contributed by atoms with Crippen molar-refractivity contribution in [3.8, 4) is 11.8 Å². The van der Waals surface area contributed by atoms with Crippen LogP contribution in [0.3, 0.4) is 0 Å². The predicted octanol–water partition coefficient (Wildman–Crippen LogP) is 2.40. The van der Waals surface area contributed by atoms with Gasteiger partial charge in [0.1, 0.15) is 0 Å². The Morgan fingerprint density at radius 3 is 3.11 bits per heavy atom. The molecule has 0 spiro atoms. The fourth-order valence-corrected chi connectivity index (χ4v) is 1.13. The molecule has 0 N–H and O–H groups in total. The van der Waals surface area contributed by atoms with Gasteiger partial charge in [0.15, 0.2) is 0 Å². The summed E-state index contributed by atoms with van der Waals surface area (Å²) in [7, 11) is 0. The minimum Gasteiger partial charge on any atom is -0.103 e. The molecule has 1 aliphatic rings. The van der Waals surface area contributed by atoms with Gasteiger partial charge in [0, 0.05) is 12.3 Å². The zero-order chi connectivity index (χ0) is 6.53. The molecule has 0 nitrogen and oxygen atoms in total. The molecule has 1 aliphatic carbocycles. The quantitative estimate of drug-likeness (QED) is 0.432.